The lowest BCUT2D eigenvalue weighted by molar-refractivity contribution is -0.112. The molecule has 4 nitrogen and oxygen atoms in total. The molecule has 1 N–H and O–H groups in total. The van der Waals surface area contributed by atoms with Gasteiger partial charge < -0.3 is 0 Å². The fourth-order valence-corrected chi connectivity index (χ4v) is 4.46. The molecule has 0 atom stereocenters. The van der Waals surface area contributed by atoms with E-state index in [0.717, 1.165) is 4.88 Å². The van der Waals surface area contributed by atoms with Crippen molar-refractivity contribution in [1.29, 1.82) is 5.26 Å². The predicted octanol–water partition coefficient (Wildman–Crippen LogP) is 6.74. The summed E-state index contributed by atoms with van der Waals surface area (Å²) in [6, 6.07) is 21.2. The van der Waals surface area contributed by atoms with E-state index in [-0.39, 0.29) is 5.57 Å². The van der Waals surface area contributed by atoms with Gasteiger partial charge in [-0.05, 0) is 40.1 Å². The zero-order valence-electron chi connectivity index (χ0n) is 16.1. The normalized spacial score (nSPS) is 11.3. The standard InChI is InChI=1S/C24H15Cl2N3OS/c25-19-9-8-17(22(26)12-19)10-18(13-27)23(30)29-24-28-14-20(31-24)11-16-6-3-5-15-4-1-2-7-21(15)16/h1-10,12,14H,11H2,(H,28,29,30)/b18-10+. The van der Waals surface area contributed by atoms with Crippen LogP contribution in [0.2, 0.25) is 10.0 Å². The quantitative estimate of drug-likeness (QED) is 0.263. The average Bonchev–Trinajstić information content (AvgIpc) is 3.20. The molecule has 0 radical (unpaired) electrons. The molecule has 4 rings (SSSR count). The third kappa shape index (κ3) is 4.95. The molecule has 0 aliphatic heterocycles. The van der Waals surface area contributed by atoms with Crippen molar-refractivity contribution in [3.8, 4) is 6.07 Å². The smallest absolute Gasteiger partial charge is 0.268 e. The van der Waals surface area contributed by atoms with Gasteiger partial charge in [0.25, 0.3) is 5.91 Å². The first-order chi connectivity index (χ1) is 15.0. The van der Waals surface area contributed by atoms with Crippen molar-refractivity contribution in [1.82, 2.24) is 4.98 Å². The summed E-state index contributed by atoms with van der Waals surface area (Å²) in [6.45, 7) is 0. The van der Waals surface area contributed by atoms with Gasteiger partial charge in [0.2, 0.25) is 0 Å². The lowest BCUT2D eigenvalue weighted by atomic mass is 10.0. The molecule has 0 saturated carbocycles. The Balaban J connectivity index is 1.51. The van der Waals surface area contributed by atoms with Gasteiger partial charge in [-0.15, -0.1) is 11.3 Å². The second-order valence-corrected chi connectivity index (χ2v) is 8.70. The Kier molecular flexibility index (Phi) is 6.34. The van der Waals surface area contributed by atoms with Gasteiger partial charge in [-0.2, -0.15) is 5.26 Å². The van der Waals surface area contributed by atoms with Gasteiger partial charge in [-0.1, -0.05) is 71.7 Å². The highest BCUT2D eigenvalue weighted by atomic mass is 35.5. The van der Waals surface area contributed by atoms with Crippen LogP contribution >= 0.6 is 34.5 Å². The largest absolute Gasteiger partial charge is 0.297 e. The molecule has 3 aromatic carbocycles. The van der Waals surface area contributed by atoms with Gasteiger partial charge in [-0.3, -0.25) is 10.1 Å². The lowest BCUT2D eigenvalue weighted by Crippen LogP contribution is -2.13. The zero-order valence-corrected chi connectivity index (χ0v) is 18.4. The molecule has 4 aromatic rings. The highest BCUT2D eigenvalue weighted by Gasteiger charge is 2.13. The molecule has 0 spiro atoms. The van der Waals surface area contributed by atoms with Gasteiger partial charge in [-0.25, -0.2) is 4.98 Å². The van der Waals surface area contributed by atoms with E-state index >= 15 is 0 Å². The first-order valence-corrected chi connectivity index (χ1v) is 10.9. The molecule has 152 valence electrons. The molecule has 31 heavy (non-hydrogen) atoms. The Morgan fingerprint density at radius 3 is 2.74 bits per heavy atom. The maximum Gasteiger partial charge on any atom is 0.268 e. The second-order valence-electron chi connectivity index (χ2n) is 6.74. The minimum atomic E-state index is -0.542. The number of amides is 1. The Labute approximate surface area is 193 Å². The van der Waals surface area contributed by atoms with Crippen LogP contribution in [-0.2, 0) is 11.2 Å². The predicted molar refractivity (Wildman–Crippen MR) is 128 cm³/mol. The Hall–Kier alpha value is -3.17. The molecule has 1 amide bonds. The summed E-state index contributed by atoms with van der Waals surface area (Å²) >= 11 is 13.4. The van der Waals surface area contributed by atoms with Gasteiger partial charge in [0.1, 0.15) is 11.6 Å². The monoisotopic (exact) mass is 463 g/mol. The third-order valence-electron chi connectivity index (χ3n) is 4.65. The summed E-state index contributed by atoms with van der Waals surface area (Å²) in [5, 5.41) is 15.8. The topological polar surface area (TPSA) is 65.8 Å². The van der Waals surface area contributed by atoms with Crippen molar-refractivity contribution in [2.45, 2.75) is 6.42 Å². The second kappa shape index (κ2) is 9.32. The van der Waals surface area contributed by atoms with Gasteiger partial charge >= 0.3 is 0 Å². The highest BCUT2D eigenvalue weighted by molar-refractivity contribution is 7.15. The van der Waals surface area contributed by atoms with Crippen LogP contribution in [0.5, 0.6) is 0 Å². The number of nitrogens with one attached hydrogen (secondary N) is 1. The van der Waals surface area contributed by atoms with Crippen LogP contribution in [0.4, 0.5) is 5.13 Å². The number of anilines is 1. The molecular formula is C24H15Cl2N3OS. The number of halogens is 2. The summed E-state index contributed by atoms with van der Waals surface area (Å²) in [5.74, 6) is -0.542. The SMILES string of the molecule is N#C/C(=C\c1ccc(Cl)cc1Cl)C(=O)Nc1ncc(Cc2cccc3ccccc23)s1. The van der Waals surface area contributed by atoms with Gasteiger partial charge in [0.15, 0.2) is 5.13 Å². The van der Waals surface area contributed by atoms with E-state index in [0.29, 0.717) is 27.2 Å². The molecule has 0 unspecified atom stereocenters. The number of benzene rings is 3. The van der Waals surface area contributed by atoms with E-state index in [1.807, 2.05) is 24.3 Å². The number of thiazole rings is 1. The van der Waals surface area contributed by atoms with Gasteiger partial charge in [0.05, 0.1) is 0 Å². The Bertz CT molecular complexity index is 1350. The first kappa shape index (κ1) is 21.1. The maximum atomic E-state index is 12.6. The summed E-state index contributed by atoms with van der Waals surface area (Å²) in [5.41, 5.74) is 1.65. The Morgan fingerprint density at radius 1 is 1.13 bits per heavy atom. The number of carbonyl (C=O) groups is 1. The zero-order chi connectivity index (χ0) is 21.8. The number of carbonyl (C=O) groups excluding carboxylic acids is 1. The van der Waals surface area contributed by atoms with Crippen LogP contribution in [0.15, 0.2) is 72.4 Å². The van der Waals surface area contributed by atoms with E-state index in [2.05, 4.69) is 34.6 Å². The van der Waals surface area contributed by atoms with E-state index in [1.165, 1.54) is 33.7 Å². The summed E-state index contributed by atoms with van der Waals surface area (Å²) in [4.78, 5) is 17.9. The Morgan fingerprint density at radius 2 is 1.94 bits per heavy atom. The van der Waals surface area contributed by atoms with Crippen LogP contribution < -0.4 is 5.32 Å². The summed E-state index contributed by atoms with van der Waals surface area (Å²) < 4.78 is 0. The number of fused-ring (bicyclic) bond motifs is 1. The molecule has 1 aromatic heterocycles. The molecule has 7 heteroatoms. The molecule has 0 bridgehead atoms. The molecule has 0 aliphatic carbocycles. The van der Waals surface area contributed by atoms with Crippen molar-refractivity contribution in [3.63, 3.8) is 0 Å². The van der Waals surface area contributed by atoms with E-state index in [1.54, 1.807) is 24.4 Å². The number of nitriles is 1. The van der Waals surface area contributed by atoms with Crippen LogP contribution in [-0.4, -0.2) is 10.9 Å². The minimum Gasteiger partial charge on any atom is -0.297 e. The lowest BCUT2D eigenvalue weighted by Gasteiger charge is -2.04. The maximum absolute atomic E-state index is 12.6. The van der Waals surface area contributed by atoms with Crippen molar-refractivity contribution in [2.75, 3.05) is 5.32 Å². The van der Waals surface area contributed by atoms with Crippen LogP contribution in [0.25, 0.3) is 16.8 Å². The fourth-order valence-electron chi connectivity index (χ4n) is 3.17. The van der Waals surface area contributed by atoms with Crippen LogP contribution in [0.3, 0.4) is 0 Å². The molecular weight excluding hydrogens is 449 g/mol. The number of nitrogens with zero attached hydrogens (tertiary/aromatic N) is 2. The number of hydrogen-bond donors (Lipinski definition) is 1. The average molecular weight is 464 g/mol. The van der Waals surface area contributed by atoms with Crippen molar-refractivity contribution < 1.29 is 4.79 Å². The third-order valence-corrected chi connectivity index (χ3v) is 6.12. The van der Waals surface area contributed by atoms with Crippen molar-refractivity contribution in [2.24, 2.45) is 0 Å². The van der Waals surface area contributed by atoms with Crippen LogP contribution in [0, 0.1) is 11.3 Å². The number of hydrogen-bond acceptors (Lipinski definition) is 4. The molecule has 0 fully saturated rings. The van der Waals surface area contributed by atoms with E-state index < -0.39 is 5.91 Å². The summed E-state index contributed by atoms with van der Waals surface area (Å²) in [7, 11) is 0. The molecule has 0 aliphatic rings. The number of rotatable bonds is 5. The van der Waals surface area contributed by atoms with E-state index in [4.69, 9.17) is 23.2 Å². The fraction of sp³-hybridized carbons (Fsp3) is 0.0417. The van der Waals surface area contributed by atoms with E-state index in [9.17, 15) is 10.1 Å². The highest BCUT2D eigenvalue weighted by Crippen LogP contribution is 2.27. The first-order valence-electron chi connectivity index (χ1n) is 9.33. The van der Waals surface area contributed by atoms with Crippen molar-refractivity contribution >= 4 is 62.4 Å². The van der Waals surface area contributed by atoms with Gasteiger partial charge in [0, 0.05) is 27.5 Å². The number of aromatic nitrogens is 1. The van der Waals surface area contributed by atoms with Crippen molar-refractivity contribution in [3.05, 3.63) is 98.5 Å². The summed E-state index contributed by atoms with van der Waals surface area (Å²) in [6.07, 6.45) is 3.88. The minimum absolute atomic E-state index is 0.0741. The van der Waals surface area contributed by atoms with Crippen LogP contribution in [0.1, 0.15) is 16.0 Å². The molecule has 1 heterocycles. The molecule has 0 saturated heterocycles.